The molecule has 2 rings (SSSR count). The van der Waals surface area contributed by atoms with Crippen LogP contribution in [0.2, 0.25) is 0 Å². The van der Waals surface area contributed by atoms with E-state index in [1.165, 1.54) is 0 Å². The van der Waals surface area contributed by atoms with E-state index in [1.807, 2.05) is 0 Å². The Balaban J connectivity index is 2.48. The van der Waals surface area contributed by atoms with Gasteiger partial charge in [-0.2, -0.15) is 4.98 Å². The number of aromatic nitrogens is 2. The van der Waals surface area contributed by atoms with Gasteiger partial charge in [0, 0.05) is 10.0 Å². The Labute approximate surface area is 94.0 Å². The first-order valence-corrected chi connectivity index (χ1v) is 5.01. The van der Waals surface area contributed by atoms with Crippen molar-refractivity contribution >= 4 is 15.9 Å². The zero-order valence-electron chi connectivity index (χ0n) is 7.64. The van der Waals surface area contributed by atoms with Gasteiger partial charge in [0.25, 0.3) is 0 Å². The first-order chi connectivity index (χ1) is 7.20. The average Bonchev–Trinajstić information content (AvgIpc) is 2.70. The van der Waals surface area contributed by atoms with E-state index in [-0.39, 0.29) is 12.3 Å². The summed E-state index contributed by atoms with van der Waals surface area (Å²) in [6, 6.07) is 4.83. The largest absolute Gasteiger partial charge is 0.508 e. The molecule has 0 radical (unpaired) electrons. The minimum absolute atomic E-state index is 0.146. The van der Waals surface area contributed by atoms with E-state index in [2.05, 4.69) is 26.1 Å². The highest BCUT2D eigenvalue weighted by Crippen LogP contribution is 2.29. The summed E-state index contributed by atoms with van der Waals surface area (Å²) in [6.45, 7) is 0.198. The lowest BCUT2D eigenvalue weighted by Gasteiger charge is -1.99. The van der Waals surface area contributed by atoms with Gasteiger partial charge in [-0.15, -0.1) is 0 Å². The molecule has 0 aliphatic rings. The number of nitrogens with zero attached hydrogens (tertiary/aromatic N) is 2. The summed E-state index contributed by atoms with van der Waals surface area (Å²) in [7, 11) is 0. The van der Waals surface area contributed by atoms with Crippen LogP contribution >= 0.6 is 15.9 Å². The Morgan fingerprint density at radius 2 is 2.27 bits per heavy atom. The minimum atomic E-state index is 0.146. The number of halogens is 1. The van der Waals surface area contributed by atoms with Crippen molar-refractivity contribution in [2.24, 2.45) is 5.73 Å². The minimum Gasteiger partial charge on any atom is -0.508 e. The zero-order valence-corrected chi connectivity index (χ0v) is 9.23. The van der Waals surface area contributed by atoms with Gasteiger partial charge in [0.1, 0.15) is 5.75 Å². The van der Waals surface area contributed by atoms with Crippen LogP contribution in [0.1, 0.15) is 5.89 Å². The van der Waals surface area contributed by atoms with Crippen LogP contribution in [0.15, 0.2) is 27.2 Å². The molecule has 0 saturated carbocycles. The van der Waals surface area contributed by atoms with Crippen LogP contribution in [0.5, 0.6) is 5.75 Å². The molecule has 0 aliphatic heterocycles. The lowest BCUT2D eigenvalue weighted by molar-refractivity contribution is 0.380. The van der Waals surface area contributed by atoms with Crippen molar-refractivity contribution in [3.63, 3.8) is 0 Å². The van der Waals surface area contributed by atoms with Crippen LogP contribution in [-0.4, -0.2) is 15.2 Å². The number of benzene rings is 1. The highest BCUT2D eigenvalue weighted by Gasteiger charge is 2.11. The summed E-state index contributed by atoms with van der Waals surface area (Å²) in [6.07, 6.45) is 0. The highest BCUT2D eigenvalue weighted by molar-refractivity contribution is 9.10. The molecule has 0 saturated heterocycles. The molecular formula is C9H8BrN3O2. The molecule has 0 bridgehead atoms. The van der Waals surface area contributed by atoms with Crippen molar-refractivity contribution in [3.05, 3.63) is 28.6 Å². The van der Waals surface area contributed by atoms with Crippen LogP contribution in [0.25, 0.3) is 11.4 Å². The molecule has 78 valence electrons. The predicted molar refractivity (Wildman–Crippen MR) is 57.0 cm³/mol. The van der Waals surface area contributed by atoms with Gasteiger partial charge in [-0.3, -0.25) is 0 Å². The van der Waals surface area contributed by atoms with Gasteiger partial charge in [0.05, 0.1) is 6.54 Å². The van der Waals surface area contributed by atoms with E-state index < -0.39 is 0 Å². The van der Waals surface area contributed by atoms with Crippen LogP contribution in [0.4, 0.5) is 0 Å². The first kappa shape index (κ1) is 10.1. The fourth-order valence-electron chi connectivity index (χ4n) is 1.13. The van der Waals surface area contributed by atoms with E-state index in [0.29, 0.717) is 17.3 Å². The highest BCUT2D eigenvalue weighted by atomic mass is 79.9. The molecule has 0 amide bonds. The Hall–Kier alpha value is -1.40. The van der Waals surface area contributed by atoms with Crippen LogP contribution in [-0.2, 0) is 6.54 Å². The molecule has 0 spiro atoms. The van der Waals surface area contributed by atoms with Crippen molar-refractivity contribution in [2.75, 3.05) is 0 Å². The van der Waals surface area contributed by atoms with Crippen molar-refractivity contribution < 1.29 is 9.63 Å². The standard InChI is InChI=1S/C9H8BrN3O2/c10-7-2-1-5(14)3-6(7)9-12-8(4-11)15-13-9/h1-3,14H,4,11H2. The van der Waals surface area contributed by atoms with Crippen LogP contribution in [0.3, 0.4) is 0 Å². The number of aromatic hydroxyl groups is 1. The van der Waals surface area contributed by atoms with E-state index in [9.17, 15) is 5.11 Å². The summed E-state index contributed by atoms with van der Waals surface area (Å²) < 4.78 is 5.66. The summed E-state index contributed by atoms with van der Waals surface area (Å²) in [4.78, 5) is 4.06. The molecule has 15 heavy (non-hydrogen) atoms. The Morgan fingerprint density at radius 1 is 1.47 bits per heavy atom. The number of phenolic OH excluding ortho intramolecular Hbond substituents is 1. The smallest absolute Gasteiger partial charge is 0.240 e. The Morgan fingerprint density at radius 3 is 2.93 bits per heavy atom. The van der Waals surface area contributed by atoms with E-state index in [4.69, 9.17) is 10.3 Å². The lowest BCUT2D eigenvalue weighted by Crippen LogP contribution is -1.95. The molecule has 6 heteroatoms. The fraction of sp³-hybridized carbons (Fsp3) is 0.111. The number of rotatable bonds is 2. The SMILES string of the molecule is NCc1nc(-c2cc(O)ccc2Br)no1. The monoisotopic (exact) mass is 269 g/mol. The molecule has 0 aliphatic carbocycles. The molecule has 1 aromatic carbocycles. The van der Waals surface area contributed by atoms with Crippen molar-refractivity contribution in [1.29, 1.82) is 0 Å². The van der Waals surface area contributed by atoms with Gasteiger partial charge < -0.3 is 15.4 Å². The number of hydrogen-bond acceptors (Lipinski definition) is 5. The summed E-state index contributed by atoms with van der Waals surface area (Å²) in [5, 5.41) is 13.1. The molecule has 0 atom stereocenters. The number of phenols is 1. The maximum Gasteiger partial charge on any atom is 0.240 e. The van der Waals surface area contributed by atoms with Crippen molar-refractivity contribution in [2.45, 2.75) is 6.54 Å². The molecule has 0 unspecified atom stereocenters. The molecular weight excluding hydrogens is 262 g/mol. The van der Waals surface area contributed by atoms with Crippen molar-refractivity contribution in [3.8, 4) is 17.1 Å². The second kappa shape index (κ2) is 4.00. The van der Waals surface area contributed by atoms with Gasteiger partial charge in [-0.1, -0.05) is 21.1 Å². The molecule has 1 aromatic heterocycles. The van der Waals surface area contributed by atoms with E-state index in [0.717, 1.165) is 4.47 Å². The third kappa shape index (κ3) is 2.00. The van der Waals surface area contributed by atoms with Crippen LogP contribution < -0.4 is 5.73 Å². The second-order valence-electron chi connectivity index (χ2n) is 2.88. The summed E-state index contributed by atoms with van der Waals surface area (Å²) >= 11 is 3.33. The molecule has 5 nitrogen and oxygen atoms in total. The maximum atomic E-state index is 9.33. The first-order valence-electron chi connectivity index (χ1n) is 4.22. The van der Waals surface area contributed by atoms with E-state index >= 15 is 0 Å². The van der Waals surface area contributed by atoms with Gasteiger partial charge in [-0.25, -0.2) is 0 Å². The molecule has 3 N–H and O–H groups in total. The maximum absolute atomic E-state index is 9.33. The third-order valence-corrected chi connectivity index (χ3v) is 2.53. The van der Waals surface area contributed by atoms with Gasteiger partial charge in [-0.05, 0) is 18.2 Å². The van der Waals surface area contributed by atoms with Gasteiger partial charge in [0.2, 0.25) is 11.7 Å². The quantitative estimate of drug-likeness (QED) is 0.866. The summed E-state index contributed by atoms with van der Waals surface area (Å²) in [5.74, 6) is 0.908. The Bertz CT molecular complexity index is 484. The molecule has 0 fully saturated rings. The topological polar surface area (TPSA) is 85.2 Å². The third-order valence-electron chi connectivity index (χ3n) is 1.83. The van der Waals surface area contributed by atoms with Gasteiger partial charge in [0.15, 0.2) is 0 Å². The van der Waals surface area contributed by atoms with Crippen molar-refractivity contribution in [1.82, 2.24) is 10.1 Å². The number of hydrogen-bond donors (Lipinski definition) is 2. The van der Waals surface area contributed by atoms with E-state index in [1.54, 1.807) is 18.2 Å². The zero-order chi connectivity index (χ0) is 10.8. The fourth-order valence-corrected chi connectivity index (χ4v) is 1.56. The average molecular weight is 270 g/mol. The molecule has 2 aromatic rings. The van der Waals surface area contributed by atoms with Gasteiger partial charge >= 0.3 is 0 Å². The molecule has 1 heterocycles. The lowest BCUT2D eigenvalue weighted by atomic mass is 10.2. The predicted octanol–water partition coefficient (Wildman–Crippen LogP) is 1.66. The number of nitrogens with two attached hydrogens (primary N) is 1. The second-order valence-corrected chi connectivity index (χ2v) is 3.73. The summed E-state index contributed by atoms with van der Waals surface area (Å²) in [5.41, 5.74) is 6.02. The normalized spacial score (nSPS) is 10.5. The Kier molecular flexibility index (Phi) is 2.70. The van der Waals surface area contributed by atoms with Crippen LogP contribution in [0, 0.1) is 0 Å².